The molecule has 2 N–H and O–H groups in total. The Balaban J connectivity index is 1.40. The van der Waals surface area contributed by atoms with Gasteiger partial charge in [-0.2, -0.15) is 0 Å². The van der Waals surface area contributed by atoms with Crippen LogP contribution in [0, 0.1) is 0 Å². The second-order valence-corrected chi connectivity index (χ2v) is 11.0. The van der Waals surface area contributed by atoms with Crippen LogP contribution in [0.1, 0.15) is 62.2 Å². The minimum atomic E-state index is -0.00646. The van der Waals surface area contributed by atoms with Crippen molar-refractivity contribution in [1.29, 1.82) is 0 Å². The number of anilines is 1. The van der Waals surface area contributed by atoms with Gasteiger partial charge in [-0.05, 0) is 45.2 Å². The zero-order valence-corrected chi connectivity index (χ0v) is 21.2. The number of aromatic amines is 1. The molecule has 0 spiro atoms. The number of hydrogen-bond donors (Lipinski definition) is 2. The number of nitrogens with one attached hydrogen (secondary N) is 2. The summed E-state index contributed by atoms with van der Waals surface area (Å²) in [5, 5.41) is 5.50. The van der Waals surface area contributed by atoms with Crippen molar-refractivity contribution in [3.05, 3.63) is 47.1 Å². The lowest BCUT2D eigenvalue weighted by atomic mass is 10.0. The third kappa shape index (κ3) is 5.76. The van der Waals surface area contributed by atoms with Gasteiger partial charge in [-0.15, -0.1) is 0 Å². The number of aromatic nitrogens is 2. The quantitative estimate of drug-likeness (QED) is 0.485. The van der Waals surface area contributed by atoms with Crippen molar-refractivity contribution in [2.75, 3.05) is 31.1 Å². The van der Waals surface area contributed by atoms with Gasteiger partial charge in [0.25, 0.3) is 5.91 Å². The molecule has 4 rings (SSSR count). The molecule has 0 saturated carbocycles. The summed E-state index contributed by atoms with van der Waals surface area (Å²) in [6.07, 6.45) is 7.84. The first-order chi connectivity index (χ1) is 15.8. The van der Waals surface area contributed by atoms with Crippen LogP contribution in [-0.2, 0) is 6.42 Å². The number of hydrogen-bond acceptors (Lipinski definition) is 5. The van der Waals surface area contributed by atoms with E-state index in [1.807, 2.05) is 6.07 Å². The standard InChI is InChI=1S/C26H37N5OS/c1-5-6-9-20(16-19-17-27-22-11-8-7-10-21(19)22)29-24(32)23-18-28-25(33-23)30-12-14-31(15-13-30)26(2,3)4/h7-8,10-11,17-18,20,27H,5-6,9,12-16H2,1-4H3,(H,29,32). The molecule has 1 saturated heterocycles. The maximum atomic E-state index is 13.1. The molecule has 33 heavy (non-hydrogen) atoms. The second kappa shape index (κ2) is 10.3. The van der Waals surface area contributed by atoms with Crippen LogP contribution in [0.15, 0.2) is 36.7 Å². The third-order valence-corrected chi connectivity index (χ3v) is 7.66. The minimum Gasteiger partial charge on any atom is -0.361 e. The highest BCUT2D eigenvalue weighted by atomic mass is 32.1. The number of thiazole rings is 1. The van der Waals surface area contributed by atoms with E-state index in [2.05, 4.69) is 77.2 Å². The summed E-state index contributed by atoms with van der Waals surface area (Å²) < 4.78 is 0. The SMILES string of the molecule is CCCCC(Cc1c[nH]c2ccccc12)NC(=O)c1cnc(N2CCN(C(C)(C)C)CC2)s1. The third-order valence-electron chi connectivity index (χ3n) is 6.60. The molecule has 0 aliphatic carbocycles. The molecule has 178 valence electrons. The largest absolute Gasteiger partial charge is 0.361 e. The van der Waals surface area contributed by atoms with Gasteiger partial charge in [-0.1, -0.05) is 49.3 Å². The van der Waals surface area contributed by atoms with Gasteiger partial charge in [0, 0.05) is 54.9 Å². The summed E-state index contributed by atoms with van der Waals surface area (Å²) >= 11 is 1.51. The highest BCUT2D eigenvalue weighted by Crippen LogP contribution is 2.26. The zero-order valence-electron chi connectivity index (χ0n) is 20.4. The monoisotopic (exact) mass is 467 g/mol. The molecular formula is C26H37N5OS. The van der Waals surface area contributed by atoms with E-state index in [-0.39, 0.29) is 17.5 Å². The van der Waals surface area contributed by atoms with E-state index in [0.29, 0.717) is 4.88 Å². The summed E-state index contributed by atoms with van der Waals surface area (Å²) in [4.78, 5) is 26.6. The van der Waals surface area contributed by atoms with Crippen LogP contribution in [0.25, 0.3) is 10.9 Å². The van der Waals surface area contributed by atoms with E-state index in [1.165, 1.54) is 22.3 Å². The van der Waals surface area contributed by atoms with Gasteiger partial charge in [0.15, 0.2) is 5.13 Å². The normalized spacial score (nSPS) is 16.3. The zero-order chi connectivity index (χ0) is 23.4. The van der Waals surface area contributed by atoms with Crippen molar-refractivity contribution >= 4 is 33.3 Å². The molecule has 6 nitrogen and oxygen atoms in total. The van der Waals surface area contributed by atoms with Gasteiger partial charge in [0.2, 0.25) is 0 Å². The van der Waals surface area contributed by atoms with Gasteiger partial charge in [-0.3, -0.25) is 9.69 Å². The van der Waals surface area contributed by atoms with Crippen LogP contribution in [0.2, 0.25) is 0 Å². The van der Waals surface area contributed by atoms with E-state index in [0.717, 1.165) is 62.5 Å². The minimum absolute atomic E-state index is 0.00646. The van der Waals surface area contributed by atoms with Crippen LogP contribution < -0.4 is 10.2 Å². The van der Waals surface area contributed by atoms with E-state index in [4.69, 9.17) is 0 Å². The molecule has 1 amide bonds. The van der Waals surface area contributed by atoms with Crippen molar-refractivity contribution in [2.45, 2.75) is 65.0 Å². The van der Waals surface area contributed by atoms with Gasteiger partial charge in [0.1, 0.15) is 4.88 Å². The first-order valence-corrected chi connectivity index (χ1v) is 13.0. The van der Waals surface area contributed by atoms with Crippen LogP contribution >= 0.6 is 11.3 Å². The Hall–Kier alpha value is -2.38. The van der Waals surface area contributed by atoms with Crippen LogP contribution in [0.5, 0.6) is 0 Å². The fourth-order valence-corrected chi connectivity index (χ4v) is 5.45. The van der Waals surface area contributed by atoms with Gasteiger partial charge < -0.3 is 15.2 Å². The van der Waals surface area contributed by atoms with E-state index < -0.39 is 0 Å². The number of piperazine rings is 1. The molecule has 3 aromatic rings. The number of amides is 1. The maximum Gasteiger partial charge on any atom is 0.263 e. The average Bonchev–Trinajstić information content (AvgIpc) is 3.45. The average molecular weight is 468 g/mol. The van der Waals surface area contributed by atoms with E-state index in [9.17, 15) is 4.79 Å². The molecule has 0 bridgehead atoms. The summed E-state index contributed by atoms with van der Waals surface area (Å²) in [5.41, 5.74) is 2.60. The predicted octanol–water partition coefficient (Wildman–Crippen LogP) is 5.08. The molecule has 7 heteroatoms. The molecule has 1 atom stereocenters. The van der Waals surface area contributed by atoms with Gasteiger partial charge in [-0.25, -0.2) is 4.98 Å². The van der Waals surface area contributed by atoms with Gasteiger partial charge >= 0.3 is 0 Å². The smallest absolute Gasteiger partial charge is 0.263 e. The number of rotatable bonds is 8. The predicted molar refractivity (Wildman–Crippen MR) is 138 cm³/mol. The molecule has 2 aromatic heterocycles. The fourth-order valence-electron chi connectivity index (χ4n) is 4.58. The number of benzene rings is 1. The van der Waals surface area contributed by atoms with Crippen molar-refractivity contribution in [3.8, 4) is 0 Å². The Bertz CT molecular complexity index is 1060. The number of H-pyrrole nitrogens is 1. The molecular weight excluding hydrogens is 430 g/mol. The Morgan fingerprint density at radius 3 is 2.70 bits per heavy atom. The number of para-hydroxylation sites is 1. The first kappa shape index (κ1) is 23.8. The van der Waals surface area contributed by atoms with E-state index in [1.54, 1.807) is 6.20 Å². The summed E-state index contributed by atoms with van der Waals surface area (Å²) in [6.45, 7) is 12.9. The van der Waals surface area contributed by atoms with Crippen LogP contribution in [-0.4, -0.2) is 58.5 Å². The Kier molecular flexibility index (Phi) is 7.39. The number of unbranched alkanes of at least 4 members (excludes halogenated alkanes) is 1. The molecule has 0 radical (unpaired) electrons. The Morgan fingerprint density at radius 1 is 1.21 bits per heavy atom. The first-order valence-electron chi connectivity index (χ1n) is 12.2. The summed E-state index contributed by atoms with van der Waals surface area (Å²) in [6, 6.07) is 8.47. The second-order valence-electron chi connectivity index (χ2n) is 10.0. The van der Waals surface area contributed by atoms with Crippen molar-refractivity contribution in [2.24, 2.45) is 0 Å². The molecule has 1 unspecified atom stereocenters. The summed E-state index contributed by atoms with van der Waals surface area (Å²) in [7, 11) is 0. The van der Waals surface area contributed by atoms with Crippen molar-refractivity contribution in [3.63, 3.8) is 0 Å². The molecule has 3 heterocycles. The molecule has 1 aliphatic heterocycles. The lowest BCUT2D eigenvalue weighted by Crippen LogP contribution is -2.53. The number of fused-ring (bicyclic) bond motifs is 1. The number of nitrogens with zero attached hydrogens (tertiary/aromatic N) is 3. The van der Waals surface area contributed by atoms with Crippen LogP contribution in [0.3, 0.4) is 0 Å². The van der Waals surface area contributed by atoms with Crippen molar-refractivity contribution in [1.82, 2.24) is 20.2 Å². The highest BCUT2D eigenvalue weighted by Gasteiger charge is 2.27. The Morgan fingerprint density at radius 2 is 1.97 bits per heavy atom. The number of carbonyl (C=O) groups is 1. The van der Waals surface area contributed by atoms with Crippen molar-refractivity contribution < 1.29 is 4.79 Å². The molecule has 1 aromatic carbocycles. The Labute approximate surface area is 201 Å². The number of carbonyl (C=O) groups excluding carboxylic acids is 1. The van der Waals surface area contributed by atoms with Gasteiger partial charge in [0.05, 0.1) is 6.20 Å². The van der Waals surface area contributed by atoms with E-state index >= 15 is 0 Å². The molecule has 1 fully saturated rings. The molecule has 1 aliphatic rings. The lowest BCUT2D eigenvalue weighted by Gasteiger charge is -2.42. The topological polar surface area (TPSA) is 64.3 Å². The highest BCUT2D eigenvalue weighted by molar-refractivity contribution is 7.17. The summed E-state index contributed by atoms with van der Waals surface area (Å²) in [5.74, 6) is -0.00646. The van der Waals surface area contributed by atoms with Crippen LogP contribution in [0.4, 0.5) is 5.13 Å². The maximum absolute atomic E-state index is 13.1. The lowest BCUT2D eigenvalue weighted by molar-refractivity contribution is 0.0938. The fraction of sp³-hybridized carbons (Fsp3) is 0.538.